The average Bonchev–Trinajstić information content (AvgIpc) is 2.80. The summed E-state index contributed by atoms with van der Waals surface area (Å²) < 4.78 is 0. The molecule has 1 aliphatic heterocycles. The monoisotopic (exact) mass is 488 g/mol. The van der Waals surface area contributed by atoms with Crippen LogP contribution in [0.25, 0.3) is 0 Å². The van der Waals surface area contributed by atoms with E-state index in [9.17, 15) is 14.4 Å². The Labute approximate surface area is 202 Å². The molecule has 0 saturated heterocycles. The minimum Gasteiger partial charge on any atom is -0.349 e. The van der Waals surface area contributed by atoms with Crippen LogP contribution in [0, 0.1) is 0 Å². The van der Waals surface area contributed by atoms with Crippen LogP contribution in [0.4, 0.5) is 11.4 Å². The van der Waals surface area contributed by atoms with Gasteiger partial charge in [-0.15, -0.1) is 0 Å². The lowest BCUT2D eigenvalue weighted by Crippen LogP contribution is -2.50. The minimum atomic E-state index is -0.689. The number of benzene rings is 2. The second-order valence-corrected chi connectivity index (χ2v) is 9.35. The van der Waals surface area contributed by atoms with Crippen molar-refractivity contribution >= 4 is 52.3 Å². The Bertz CT molecular complexity index is 1100. The van der Waals surface area contributed by atoms with Gasteiger partial charge in [-0.05, 0) is 68.5 Å². The molecule has 0 spiro atoms. The summed E-state index contributed by atoms with van der Waals surface area (Å²) in [5, 5.41) is 6.49. The van der Waals surface area contributed by atoms with Gasteiger partial charge in [-0.2, -0.15) is 0 Å². The van der Waals surface area contributed by atoms with Gasteiger partial charge in [-0.25, -0.2) is 0 Å². The molecule has 9 heteroatoms. The fraction of sp³-hybridized carbons (Fsp3) is 0.375. The van der Waals surface area contributed by atoms with E-state index >= 15 is 0 Å². The molecule has 2 aliphatic rings. The maximum Gasteiger partial charge on any atom is 0.259 e. The van der Waals surface area contributed by atoms with Crippen molar-refractivity contribution < 1.29 is 14.4 Å². The molecule has 174 valence electrons. The zero-order chi connectivity index (χ0) is 23.7. The van der Waals surface area contributed by atoms with Gasteiger partial charge in [0.25, 0.3) is 11.8 Å². The van der Waals surface area contributed by atoms with Crippen molar-refractivity contribution in [2.24, 2.45) is 5.73 Å². The van der Waals surface area contributed by atoms with Crippen LogP contribution in [0.3, 0.4) is 0 Å². The van der Waals surface area contributed by atoms with E-state index < -0.39 is 6.04 Å². The Hall–Kier alpha value is -2.61. The number of rotatable bonds is 4. The first-order chi connectivity index (χ1) is 15.8. The number of amides is 3. The predicted molar refractivity (Wildman–Crippen MR) is 130 cm³/mol. The van der Waals surface area contributed by atoms with Crippen LogP contribution in [0.2, 0.25) is 10.0 Å². The number of anilines is 2. The van der Waals surface area contributed by atoms with Gasteiger partial charge in [-0.1, -0.05) is 30.1 Å². The first-order valence-corrected chi connectivity index (χ1v) is 11.8. The summed E-state index contributed by atoms with van der Waals surface area (Å²) in [5.41, 5.74) is 7.62. The summed E-state index contributed by atoms with van der Waals surface area (Å²) in [7, 11) is 0. The SMILES string of the molecule is CCC1C(=O)Nc2cc(C(=O)NC3CCC(N)CC3)ccc2N1C(=O)c1ccc(Cl)c(Cl)c1. The van der Waals surface area contributed by atoms with Gasteiger partial charge in [0.2, 0.25) is 5.91 Å². The van der Waals surface area contributed by atoms with Gasteiger partial charge < -0.3 is 16.4 Å². The summed E-state index contributed by atoms with van der Waals surface area (Å²) in [4.78, 5) is 40.5. The van der Waals surface area contributed by atoms with Crippen molar-refractivity contribution in [2.45, 2.75) is 57.2 Å². The number of nitrogens with zero attached hydrogens (tertiary/aromatic N) is 1. The largest absolute Gasteiger partial charge is 0.349 e. The normalized spacial score (nSPS) is 22.4. The summed E-state index contributed by atoms with van der Waals surface area (Å²) in [6.45, 7) is 1.84. The fourth-order valence-corrected chi connectivity index (χ4v) is 4.71. The minimum absolute atomic E-state index is 0.0834. The Morgan fingerprint density at radius 1 is 1.06 bits per heavy atom. The van der Waals surface area contributed by atoms with Crippen LogP contribution in [0.5, 0.6) is 0 Å². The molecule has 1 aliphatic carbocycles. The number of hydrogen-bond donors (Lipinski definition) is 3. The molecule has 0 aromatic heterocycles. The highest BCUT2D eigenvalue weighted by molar-refractivity contribution is 6.42. The Balaban J connectivity index is 1.62. The lowest BCUT2D eigenvalue weighted by atomic mass is 9.91. The van der Waals surface area contributed by atoms with Gasteiger partial charge in [0.15, 0.2) is 0 Å². The molecule has 2 aromatic carbocycles. The van der Waals surface area contributed by atoms with Crippen LogP contribution in [0.1, 0.15) is 59.7 Å². The Morgan fingerprint density at radius 3 is 2.42 bits per heavy atom. The molecule has 1 atom stereocenters. The number of halogens is 2. The fourth-order valence-electron chi connectivity index (χ4n) is 4.41. The van der Waals surface area contributed by atoms with E-state index in [1.54, 1.807) is 30.3 Å². The average molecular weight is 489 g/mol. The Morgan fingerprint density at radius 2 is 1.76 bits per heavy atom. The zero-order valence-electron chi connectivity index (χ0n) is 18.2. The molecular formula is C24H26Cl2N4O3. The molecule has 1 unspecified atom stereocenters. The Kier molecular flexibility index (Phi) is 6.93. The van der Waals surface area contributed by atoms with E-state index in [0.717, 1.165) is 25.7 Å². The maximum absolute atomic E-state index is 13.4. The molecular weight excluding hydrogens is 463 g/mol. The van der Waals surface area contributed by atoms with Gasteiger partial charge in [0.05, 0.1) is 21.4 Å². The lowest BCUT2D eigenvalue weighted by molar-refractivity contribution is -0.117. The second kappa shape index (κ2) is 9.71. The molecule has 4 rings (SSSR count). The van der Waals surface area contributed by atoms with Crippen LogP contribution < -0.4 is 21.3 Å². The molecule has 1 fully saturated rings. The van der Waals surface area contributed by atoms with E-state index in [4.69, 9.17) is 28.9 Å². The zero-order valence-corrected chi connectivity index (χ0v) is 19.7. The summed E-state index contributed by atoms with van der Waals surface area (Å²) in [5.74, 6) is -0.892. The van der Waals surface area contributed by atoms with E-state index in [1.807, 2.05) is 6.92 Å². The predicted octanol–water partition coefficient (Wildman–Crippen LogP) is 4.37. The molecule has 0 bridgehead atoms. The molecule has 3 amide bonds. The van der Waals surface area contributed by atoms with E-state index in [-0.39, 0.29) is 34.8 Å². The molecule has 33 heavy (non-hydrogen) atoms. The van der Waals surface area contributed by atoms with Gasteiger partial charge in [0, 0.05) is 23.2 Å². The molecule has 2 aromatic rings. The third-order valence-electron chi connectivity index (χ3n) is 6.27. The number of nitrogens with two attached hydrogens (primary N) is 1. The van der Waals surface area contributed by atoms with Gasteiger partial charge in [-0.3, -0.25) is 19.3 Å². The first-order valence-electron chi connectivity index (χ1n) is 11.1. The highest BCUT2D eigenvalue weighted by atomic mass is 35.5. The lowest BCUT2D eigenvalue weighted by Gasteiger charge is -2.36. The van der Waals surface area contributed by atoms with Crippen molar-refractivity contribution in [3.63, 3.8) is 0 Å². The number of hydrogen-bond acceptors (Lipinski definition) is 4. The maximum atomic E-state index is 13.4. The van der Waals surface area contributed by atoms with E-state index in [1.165, 1.54) is 11.0 Å². The van der Waals surface area contributed by atoms with E-state index in [0.29, 0.717) is 33.9 Å². The highest BCUT2D eigenvalue weighted by Crippen LogP contribution is 2.36. The smallest absolute Gasteiger partial charge is 0.259 e. The molecule has 7 nitrogen and oxygen atoms in total. The molecule has 0 radical (unpaired) electrons. The number of nitrogens with one attached hydrogen (secondary N) is 2. The van der Waals surface area contributed by atoms with Crippen molar-refractivity contribution in [1.29, 1.82) is 0 Å². The summed E-state index contributed by atoms with van der Waals surface area (Å²) >= 11 is 12.1. The topological polar surface area (TPSA) is 105 Å². The quantitative estimate of drug-likeness (QED) is 0.593. The van der Waals surface area contributed by atoms with Crippen molar-refractivity contribution in [3.8, 4) is 0 Å². The van der Waals surface area contributed by atoms with Crippen molar-refractivity contribution in [2.75, 3.05) is 10.2 Å². The second-order valence-electron chi connectivity index (χ2n) is 8.53. The molecule has 1 saturated carbocycles. The van der Waals surface area contributed by atoms with Crippen molar-refractivity contribution in [3.05, 3.63) is 57.6 Å². The van der Waals surface area contributed by atoms with Crippen LogP contribution >= 0.6 is 23.2 Å². The van der Waals surface area contributed by atoms with Crippen molar-refractivity contribution in [1.82, 2.24) is 5.32 Å². The third-order valence-corrected chi connectivity index (χ3v) is 7.01. The number of carbonyl (C=O) groups excluding carboxylic acids is 3. The molecule has 1 heterocycles. The number of carbonyl (C=O) groups is 3. The summed E-state index contributed by atoms with van der Waals surface area (Å²) in [6, 6.07) is 9.18. The molecule has 4 N–H and O–H groups in total. The highest BCUT2D eigenvalue weighted by Gasteiger charge is 2.36. The summed E-state index contributed by atoms with van der Waals surface area (Å²) in [6.07, 6.45) is 3.88. The van der Waals surface area contributed by atoms with Gasteiger partial charge in [0.1, 0.15) is 6.04 Å². The van der Waals surface area contributed by atoms with Crippen LogP contribution in [0.15, 0.2) is 36.4 Å². The standard InChI is InChI=1S/C24H26Cl2N4O3/c1-2-20-23(32)29-19-12-13(22(31)28-16-7-5-15(27)6-8-16)4-10-21(19)30(20)24(33)14-3-9-17(25)18(26)11-14/h3-4,9-12,15-16,20H,2,5-8,27H2,1H3,(H,28,31)(H,29,32). The van der Waals surface area contributed by atoms with E-state index in [2.05, 4.69) is 10.6 Å². The number of fused-ring (bicyclic) bond motifs is 1. The van der Waals surface area contributed by atoms with Crippen LogP contribution in [-0.2, 0) is 4.79 Å². The van der Waals surface area contributed by atoms with Crippen LogP contribution in [-0.4, -0.2) is 35.8 Å². The van der Waals surface area contributed by atoms with Gasteiger partial charge >= 0.3 is 0 Å². The third kappa shape index (κ3) is 4.86. The first kappa shape index (κ1) is 23.5.